The van der Waals surface area contributed by atoms with Gasteiger partial charge in [0.25, 0.3) is 0 Å². The first-order valence-electron chi connectivity index (χ1n) is 5.84. The summed E-state index contributed by atoms with van der Waals surface area (Å²) in [4.78, 5) is 6.42. The molecule has 0 radical (unpaired) electrons. The van der Waals surface area contributed by atoms with Crippen molar-refractivity contribution in [2.24, 2.45) is 10.7 Å². The molecule has 2 N–H and O–H groups in total. The van der Waals surface area contributed by atoms with E-state index in [9.17, 15) is 0 Å². The molecule has 1 aromatic rings. The molecule has 0 saturated carbocycles. The van der Waals surface area contributed by atoms with Crippen molar-refractivity contribution in [1.29, 1.82) is 0 Å². The molecule has 0 aromatic heterocycles. The van der Waals surface area contributed by atoms with Crippen LogP contribution in [0.15, 0.2) is 29.3 Å². The lowest BCUT2D eigenvalue weighted by Crippen LogP contribution is -2.38. The first-order chi connectivity index (χ1) is 8.22. The Hall–Kier alpha value is -1.55. The van der Waals surface area contributed by atoms with Gasteiger partial charge in [0, 0.05) is 13.7 Å². The summed E-state index contributed by atoms with van der Waals surface area (Å²) in [6, 6.07) is 8.80. The number of benzene rings is 1. The third-order valence-corrected chi connectivity index (χ3v) is 3.10. The largest absolute Gasteiger partial charge is 0.383 e. The second-order valence-electron chi connectivity index (χ2n) is 4.31. The first-order valence-corrected chi connectivity index (χ1v) is 5.84. The van der Waals surface area contributed by atoms with Crippen LogP contribution < -0.4 is 5.73 Å². The summed E-state index contributed by atoms with van der Waals surface area (Å²) >= 11 is 0. The van der Waals surface area contributed by atoms with Crippen LogP contribution in [0.2, 0.25) is 0 Å². The van der Waals surface area contributed by atoms with Crippen LogP contribution in [0.4, 0.5) is 0 Å². The van der Waals surface area contributed by atoms with Gasteiger partial charge in [0.15, 0.2) is 5.96 Å². The molecule has 1 aromatic carbocycles. The first kappa shape index (κ1) is 11.9. The number of nitrogens with two attached hydrogens (primary N) is 1. The van der Waals surface area contributed by atoms with Crippen LogP contribution in [0.5, 0.6) is 0 Å². The van der Waals surface area contributed by atoms with Crippen LogP contribution in [-0.2, 0) is 4.74 Å². The Balaban J connectivity index is 2.12. The van der Waals surface area contributed by atoms with Crippen LogP contribution in [0.3, 0.4) is 0 Å². The smallest absolute Gasteiger partial charge is 0.192 e. The molecule has 1 atom stereocenters. The van der Waals surface area contributed by atoms with Gasteiger partial charge in [-0.3, -0.25) is 4.99 Å². The average Bonchev–Trinajstić information content (AvgIpc) is 2.69. The lowest BCUT2D eigenvalue weighted by Gasteiger charge is -2.26. The average molecular weight is 233 g/mol. The predicted molar refractivity (Wildman–Crippen MR) is 69.0 cm³/mol. The van der Waals surface area contributed by atoms with Crippen molar-refractivity contribution in [3.8, 4) is 0 Å². The number of rotatable bonds is 4. The molecule has 4 heteroatoms. The highest BCUT2D eigenvalue weighted by atomic mass is 16.5. The highest BCUT2D eigenvalue weighted by molar-refractivity contribution is 5.80. The van der Waals surface area contributed by atoms with E-state index in [1.165, 1.54) is 11.1 Å². The number of nitrogens with zero attached hydrogens (tertiary/aromatic N) is 2. The molecule has 0 amide bonds. The van der Waals surface area contributed by atoms with Gasteiger partial charge in [0.2, 0.25) is 0 Å². The molecular weight excluding hydrogens is 214 g/mol. The summed E-state index contributed by atoms with van der Waals surface area (Å²) < 4.78 is 5.10. The Kier molecular flexibility index (Phi) is 3.64. The highest BCUT2D eigenvalue weighted by Crippen LogP contribution is 2.25. The molecular formula is C13H19N3O. The van der Waals surface area contributed by atoms with E-state index in [1.807, 2.05) is 0 Å². The Morgan fingerprint density at radius 3 is 2.76 bits per heavy atom. The van der Waals surface area contributed by atoms with Gasteiger partial charge in [-0.2, -0.15) is 0 Å². The zero-order valence-electron chi connectivity index (χ0n) is 10.4. The summed E-state index contributed by atoms with van der Waals surface area (Å²) in [6.45, 7) is 4.27. The second kappa shape index (κ2) is 5.19. The van der Waals surface area contributed by atoms with Crippen LogP contribution in [0, 0.1) is 6.92 Å². The molecule has 17 heavy (non-hydrogen) atoms. The van der Waals surface area contributed by atoms with E-state index in [4.69, 9.17) is 10.5 Å². The van der Waals surface area contributed by atoms with Crippen molar-refractivity contribution in [2.45, 2.75) is 13.0 Å². The lowest BCUT2D eigenvalue weighted by atomic mass is 10.0. The molecule has 1 unspecified atom stereocenters. The van der Waals surface area contributed by atoms with Crippen LogP contribution in [-0.4, -0.2) is 37.7 Å². The molecule has 1 aliphatic rings. The summed E-state index contributed by atoms with van der Waals surface area (Å²) in [5, 5.41) is 0. The second-order valence-corrected chi connectivity index (χ2v) is 4.31. The van der Waals surface area contributed by atoms with E-state index in [1.54, 1.807) is 7.11 Å². The number of methoxy groups -OCH3 is 1. The molecule has 92 valence electrons. The Morgan fingerprint density at radius 2 is 2.12 bits per heavy atom. The van der Waals surface area contributed by atoms with Gasteiger partial charge in [-0.25, -0.2) is 0 Å². The molecule has 0 bridgehead atoms. The van der Waals surface area contributed by atoms with Crippen molar-refractivity contribution in [2.75, 3.05) is 26.8 Å². The molecule has 1 aliphatic heterocycles. The van der Waals surface area contributed by atoms with E-state index in [0.717, 1.165) is 13.1 Å². The Morgan fingerprint density at radius 1 is 1.41 bits per heavy atom. The van der Waals surface area contributed by atoms with Gasteiger partial charge in [-0.1, -0.05) is 29.8 Å². The molecule has 2 rings (SSSR count). The van der Waals surface area contributed by atoms with Gasteiger partial charge >= 0.3 is 0 Å². The third kappa shape index (κ3) is 2.58. The maximum absolute atomic E-state index is 5.90. The minimum absolute atomic E-state index is 0.255. The zero-order valence-corrected chi connectivity index (χ0v) is 10.4. The lowest BCUT2D eigenvalue weighted by molar-refractivity contribution is 0.166. The summed E-state index contributed by atoms with van der Waals surface area (Å²) in [7, 11) is 1.70. The number of ether oxygens (including phenoxy) is 1. The Bertz CT molecular complexity index is 400. The van der Waals surface area contributed by atoms with Gasteiger partial charge < -0.3 is 15.4 Å². The van der Waals surface area contributed by atoms with Gasteiger partial charge in [-0.05, 0) is 12.5 Å². The zero-order chi connectivity index (χ0) is 12.3. The monoisotopic (exact) mass is 233 g/mol. The number of aryl methyl sites for hydroxylation is 1. The molecule has 4 nitrogen and oxygen atoms in total. The third-order valence-electron chi connectivity index (χ3n) is 3.10. The van der Waals surface area contributed by atoms with Crippen molar-refractivity contribution in [3.05, 3.63) is 35.4 Å². The van der Waals surface area contributed by atoms with Crippen LogP contribution in [0.1, 0.15) is 17.2 Å². The Labute approximate surface area is 102 Å². The maximum Gasteiger partial charge on any atom is 0.192 e. The fraction of sp³-hybridized carbons (Fsp3) is 0.462. The quantitative estimate of drug-likeness (QED) is 0.853. The van der Waals surface area contributed by atoms with Crippen molar-refractivity contribution in [3.63, 3.8) is 0 Å². The molecule has 0 saturated heterocycles. The number of hydrogen-bond acceptors (Lipinski definition) is 4. The topological polar surface area (TPSA) is 50.9 Å². The van der Waals surface area contributed by atoms with Gasteiger partial charge in [0.05, 0.1) is 19.2 Å². The van der Waals surface area contributed by atoms with Crippen LogP contribution in [0.25, 0.3) is 0 Å². The maximum atomic E-state index is 5.90. The van der Waals surface area contributed by atoms with Crippen LogP contribution >= 0.6 is 0 Å². The predicted octanol–water partition coefficient (Wildman–Crippen LogP) is 1.31. The van der Waals surface area contributed by atoms with Gasteiger partial charge in [0.1, 0.15) is 0 Å². The van der Waals surface area contributed by atoms with E-state index in [2.05, 4.69) is 41.1 Å². The van der Waals surface area contributed by atoms with Gasteiger partial charge in [-0.15, -0.1) is 0 Å². The van der Waals surface area contributed by atoms with Crippen molar-refractivity contribution in [1.82, 2.24) is 4.90 Å². The minimum Gasteiger partial charge on any atom is -0.383 e. The number of hydrogen-bond donors (Lipinski definition) is 1. The fourth-order valence-corrected chi connectivity index (χ4v) is 2.06. The van der Waals surface area contributed by atoms with E-state index in [0.29, 0.717) is 12.6 Å². The molecule has 1 heterocycles. The van der Waals surface area contributed by atoms with E-state index in [-0.39, 0.29) is 6.04 Å². The molecule has 0 spiro atoms. The SMILES string of the molecule is COCCN1C(N)=NCC1c1ccc(C)cc1. The summed E-state index contributed by atoms with van der Waals surface area (Å²) in [5.41, 5.74) is 8.43. The number of aliphatic imine (C=N–C) groups is 1. The number of guanidine groups is 1. The normalized spacial score (nSPS) is 19.5. The van der Waals surface area contributed by atoms with Crippen molar-refractivity contribution >= 4 is 5.96 Å². The highest BCUT2D eigenvalue weighted by Gasteiger charge is 2.26. The fourth-order valence-electron chi connectivity index (χ4n) is 2.06. The molecule has 0 aliphatic carbocycles. The van der Waals surface area contributed by atoms with E-state index < -0.39 is 0 Å². The summed E-state index contributed by atoms with van der Waals surface area (Å²) in [5.74, 6) is 0.618. The molecule has 0 fully saturated rings. The summed E-state index contributed by atoms with van der Waals surface area (Å²) in [6.07, 6.45) is 0. The van der Waals surface area contributed by atoms with E-state index >= 15 is 0 Å². The minimum atomic E-state index is 0.255. The van der Waals surface area contributed by atoms with Crippen molar-refractivity contribution < 1.29 is 4.74 Å². The standard InChI is InChI=1S/C13H19N3O/c1-10-3-5-11(6-4-10)12-9-15-13(14)16(12)7-8-17-2/h3-6,12H,7-9H2,1-2H3,(H2,14,15).